The summed E-state index contributed by atoms with van der Waals surface area (Å²) < 4.78 is 14.0. The van der Waals surface area contributed by atoms with E-state index in [0.29, 0.717) is 15.1 Å². The van der Waals surface area contributed by atoms with Crippen LogP contribution in [-0.2, 0) is 16.6 Å². The lowest BCUT2D eigenvalue weighted by atomic mass is 10.2. The van der Waals surface area contributed by atoms with Crippen LogP contribution in [0.25, 0.3) is 0 Å². The lowest BCUT2D eigenvalue weighted by Gasteiger charge is -2.08. The zero-order valence-corrected chi connectivity index (χ0v) is 15.2. The molecule has 110 valence electrons. The van der Waals surface area contributed by atoms with Crippen molar-refractivity contribution in [1.82, 2.24) is 0 Å². The molecule has 0 aliphatic rings. The van der Waals surface area contributed by atoms with Gasteiger partial charge in [-0.25, -0.2) is 4.79 Å². The third-order valence-electron chi connectivity index (χ3n) is 2.72. The number of carboxylic acids is 1. The molecule has 1 N–H and O–H groups in total. The first-order chi connectivity index (χ1) is 9.88. The molecular weight excluding hydrogens is 443 g/mol. The van der Waals surface area contributed by atoms with Gasteiger partial charge in [-0.2, -0.15) is 0 Å². The van der Waals surface area contributed by atoms with Crippen LogP contribution in [0.2, 0.25) is 5.02 Å². The van der Waals surface area contributed by atoms with Gasteiger partial charge in [0.2, 0.25) is 0 Å². The van der Waals surface area contributed by atoms with Gasteiger partial charge < -0.3 is 5.11 Å². The van der Waals surface area contributed by atoms with Crippen molar-refractivity contribution < 1.29 is 14.1 Å². The van der Waals surface area contributed by atoms with Crippen LogP contribution in [0.3, 0.4) is 0 Å². The third kappa shape index (κ3) is 4.16. The van der Waals surface area contributed by atoms with Gasteiger partial charge in [0.15, 0.2) is 0 Å². The Morgan fingerprint density at radius 2 is 1.76 bits per heavy atom. The minimum absolute atomic E-state index is 0.0322. The predicted octanol–water partition coefficient (Wildman–Crippen LogP) is 4.87. The Balaban J connectivity index is 2.36. The maximum absolute atomic E-state index is 12.5. The minimum atomic E-state index is -1.50. The zero-order valence-electron chi connectivity index (χ0n) is 10.5. The minimum Gasteiger partial charge on any atom is -0.478 e. The van der Waals surface area contributed by atoms with Crippen molar-refractivity contribution in [3.8, 4) is 0 Å². The van der Waals surface area contributed by atoms with Crippen molar-refractivity contribution in [3.05, 3.63) is 61.5 Å². The van der Waals surface area contributed by atoms with Crippen LogP contribution in [0.5, 0.6) is 0 Å². The summed E-state index contributed by atoms with van der Waals surface area (Å²) in [6.07, 6.45) is 0. The quantitative estimate of drug-likeness (QED) is 0.720. The SMILES string of the molecule is O=C(O)c1ccc(Br)cc1S(=O)Cc1ccc(Br)cc1Cl. The largest absolute Gasteiger partial charge is 0.478 e. The summed E-state index contributed by atoms with van der Waals surface area (Å²) in [5.41, 5.74) is 0.735. The molecule has 0 fully saturated rings. The Labute approximate surface area is 146 Å². The second-order valence-electron chi connectivity index (χ2n) is 4.17. The molecule has 0 radical (unpaired) electrons. The number of hydrogen-bond acceptors (Lipinski definition) is 2. The Hall–Kier alpha value is -0.690. The van der Waals surface area contributed by atoms with Gasteiger partial charge in [-0.3, -0.25) is 4.21 Å². The van der Waals surface area contributed by atoms with Gasteiger partial charge in [0, 0.05) is 14.0 Å². The molecule has 2 rings (SSSR count). The Morgan fingerprint density at radius 3 is 2.38 bits per heavy atom. The highest BCUT2D eigenvalue weighted by atomic mass is 79.9. The molecule has 0 bridgehead atoms. The highest BCUT2D eigenvalue weighted by Crippen LogP contribution is 2.26. The van der Waals surface area contributed by atoms with Gasteiger partial charge in [-0.05, 0) is 35.9 Å². The van der Waals surface area contributed by atoms with Gasteiger partial charge in [0.05, 0.1) is 27.0 Å². The number of carbonyl (C=O) groups is 1. The summed E-state index contributed by atoms with van der Waals surface area (Å²) in [6.45, 7) is 0. The van der Waals surface area contributed by atoms with Gasteiger partial charge in [0.25, 0.3) is 0 Å². The number of rotatable bonds is 4. The van der Waals surface area contributed by atoms with Crippen molar-refractivity contribution in [2.45, 2.75) is 10.6 Å². The molecule has 3 nitrogen and oxygen atoms in total. The molecule has 1 unspecified atom stereocenters. The monoisotopic (exact) mass is 450 g/mol. The molecule has 0 amide bonds. The van der Waals surface area contributed by atoms with Crippen molar-refractivity contribution >= 4 is 60.2 Å². The standard InChI is InChI=1S/C14H9Br2ClO3S/c15-9-2-1-8(12(17)5-9)7-21(20)13-6-10(16)3-4-11(13)14(18)19/h1-6H,7H2,(H,18,19). The topological polar surface area (TPSA) is 54.4 Å². The van der Waals surface area contributed by atoms with E-state index >= 15 is 0 Å². The Morgan fingerprint density at radius 1 is 1.14 bits per heavy atom. The normalized spacial score (nSPS) is 12.1. The second kappa shape index (κ2) is 7.05. The molecule has 0 aliphatic carbocycles. The highest BCUT2D eigenvalue weighted by Gasteiger charge is 2.17. The number of halogens is 3. The van der Waals surface area contributed by atoms with E-state index in [1.54, 1.807) is 30.3 Å². The molecular formula is C14H9Br2ClO3S. The zero-order chi connectivity index (χ0) is 15.6. The fourth-order valence-corrected chi connectivity index (χ4v) is 4.40. The average molecular weight is 453 g/mol. The lowest BCUT2D eigenvalue weighted by Crippen LogP contribution is -2.06. The van der Waals surface area contributed by atoms with E-state index in [2.05, 4.69) is 31.9 Å². The number of benzene rings is 2. The molecule has 7 heteroatoms. The Bertz CT molecular complexity index is 734. The molecule has 1 atom stereocenters. The van der Waals surface area contributed by atoms with Crippen LogP contribution < -0.4 is 0 Å². The Kier molecular flexibility index (Phi) is 5.60. The first kappa shape index (κ1) is 16.7. The summed E-state index contributed by atoms with van der Waals surface area (Å²) >= 11 is 12.7. The highest BCUT2D eigenvalue weighted by molar-refractivity contribution is 9.10. The number of carboxylic acid groups (broad SMARTS) is 1. The predicted molar refractivity (Wildman–Crippen MR) is 90.4 cm³/mol. The van der Waals surface area contributed by atoms with E-state index in [9.17, 15) is 14.1 Å². The van der Waals surface area contributed by atoms with Gasteiger partial charge in [-0.15, -0.1) is 0 Å². The van der Waals surface area contributed by atoms with Gasteiger partial charge in [-0.1, -0.05) is 49.5 Å². The summed E-state index contributed by atoms with van der Waals surface area (Å²) in [5, 5.41) is 9.67. The van der Waals surface area contributed by atoms with E-state index in [-0.39, 0.29) is 16.2 Å². The average Bonchev–Trinajstić information content (AvgIpc) is 2.41. The molecule has 0 aliphatic heterocycles. The maximum Gasteiger partial charge on any atom is 0.336 e. The van der Waals surface area contributed by atoms with E-state index in [4.69, 9.17) is 11.6 Å². The van der Waals surface area contributed by atoms with Crippen molar-refractivity contribution in [1.29, 1.82) is 0 Å². The number of hydrogen-bond donors (Lipinski definition) is 1. The number of aromatic carboxylic acids is 1. The van der Waals surface area contributed by atoms with Crippen LogP contribution in [0.4, 0.5) is 0 Å². The van der Waals surface area contributed by atoms with Gasteiger partial charge >= 0.3 is 5.97 Å². The second-order valence-corrected chi connectivity index (χ2v) is 7.83. The van der Waals surface area contributed by atoms with Crippen LogP contribution >= 0.6 is 43.5 Å². The van der Waals surface area contributed by atoms with Crippen molar-refractivity contribution in [2.24, 2.45) is 0 Å². The smallest absolute Gasteiger partial charge is 0.336 e. The lowest BCUT2D eigenvalue weighted by molar-refractivity contribution is 0.0693. The molecule has 0 aromatic heterocycles. The van der Waals surface area contributed by atoms with Crippen molar-refractivity contribution in [3.63, 3.8) is 0 Å². The van der Waals surface area contributed by atoms with E-state index in [1.807, 2.05) is 0 Å². The summed E-state index contributed by atoms with van der Waals surface area (Å²) in [5.74, 6) is -0.948. The van der Waals surface area contributed by atoms with E-state index in [1.165, 1.54) is 6.07 Å². The summed E-state index contributed by atoms with van der Waals surface area (Å²) in [6, 6.07) is 9.89. The summed E-state index contributed by atoms with van der Waals surface area (Å²) in [7, 11) is -1.50. The molecule has 2 aromatic rings. The van der Waals surface area contributed by atoms with Crippen LogP contribution in [0.15, 0.2) is 50.2 Å². The molecule has 0 saturated heterocycles. The first-order valence-electron chi connectivity index (χ1n) is 5.73. The maximum atomic E-state index is 12.5. The van der Waals surface area contributed by atoms with Crippen LogP contribution in [0, 0.1) is 0 Å². The van der Waals surface area contributed by atoms with Gasteiger partial charge in [0.1, 0.15) is 0 Å². The molecule has 21 heavy (non-hydrogen) atoms. The first-order valence-corrected chi connectivity index (χ1v) is 9.02. The van der Waals surface area contributed by atoms with E-state index < -0.39 is 16.8 Å². The fraction of sp³-hybridized carbons (Fsp3) is 0.0714. The fourth-order valence-electron chi connectivity index (χ4n) is 1.72. The van der Waals surface area contributed by atoms with Crippen LogP contribution in [-0.4, -0.2) is 15.3 Å². The molecule has 0 saturated carbocycles. The third-order valence-corrected chi connectivity index (χ3v) is 5.46. The molecule has 2 aromatic carbocycles. The summed E-state index contributed by atoms with van der Waals surface area (Å²) in [4.78, 5) is 11.5. The molecule has 0 heterocycles. The van der Waals surface area contributed by atoms with Crippen LogP contribution in [0.1, 0.15) is 15.9 Å². The molecule has 0 spiro atoms. The van der Waals surface area contributed by atoms with E-state index in [0.717, 1.165) is 4.47 Å². The van der Waals surface area contributed by atoms with Crippen molar-refractivity contribution in [2.75, 3.05) is 0 Å².